The number of alkyl halides is 3. The van der Waals surface area contributed by atoms with E-state index in [-0.39, 0.29) is 0 Å². The van der Waals surface area contributed by atoms with E-state index in [1.165, 1.54) is 0 Å². The average molecular weight is 165 g/mol. The molecule has 0 spiro atoms. The van der Waals surface area contributed by atoms with E-state index in [0.29, 0.717) is 6.08 Å². The minimum atomic E-state index is -4.59. The van der Waals surface area contributed by atoms with Crippen LogP contribution in [0.5, 0.6) is 0 Å². The Morgan fingerprint density at radius 3 is 2.09 bits per heavy atom. The van der Waals surface area contributed by atoms with Gasteiger partial charge in [0, 0.05) is 6.08 Å². The maximum Gasteiger partial charge on any atom is 0.433 e. The fourth-order valence-electron chi connectivity index (χ4n) is 0.410. The van der Waals surface area contributed by atoms with Crippen molar-refractivity contribution in [2.45, 2.75) is 13.1 Å². The summed E-state index contributed by atoms with van der Waals surface area (Å²) in [5.41, 5.74) is -1.26. The average Bonchev–Trinajstić information content (AvgIpc) is 1.79. The van der Waals surface area contributed by atoms with E-state index in [2.05, 4.69) is 11.7 Å². The zero-order valence-electron chi connectivity index (χ0n) is 5.77. The van der Waals surface area contributed by atoms with E-state index in [1.54, 1.807) is 0 Å². The first-order valence-corrected chi connectivity index (χ1v) is 2.64. The molecule has 5 heteroatoms. The van der Waals surface area contributed by atoms with E-state index >= 15 is 0 Å². The van der Waals surface area contributed by atoms with Crippen LogP contribution in [0.2, 0.25) is 0 Å². The van der Waals surface area contributed by atoms with Gasteiger partial charge in [0.05, 0.1) is 0 Å². The molecule has 0 rings (SSSR count). The van der Waals surface area contributed by atoms with Crippen molar-refractivity contribution in [3.8, 4) is 0 Å². The smallest absolute Gasteiger partial charge is 0.295 e. The molecule has 62 valence electrons. The zero-order valence-corrected chi connectivity index (χ0v) is 5.77. The van der Waals surface area contributed by atoms with Gasteiger partial charge in [-0.25, -0.2) is 0 Å². The van der Waals surface area contributed by atoms with E-state index in [0.717, 1.165) is 6.92 Å². The van der Waals surface area contributed by atoms with Crippen molar-refractivity contribution in [3.63, 3.8) is 0 Å². The molecule has 0 unspecified atom stereocenters. The van der Waals surface area contributed by atoms with Crippen LogP contribution in [-0.4, -0.2) is 18.7 Å². The van der Waals surface area contributed by atoms with Gasteiger partial charge in [0.1, 0.15) is 5.70 Å². The van der Waals surface area contributed by atoms with Crippen LogP contribution in [-0.2, 0) is 4.79 Å². The van der Waals surface area contributed by atoms with Crippen molar-refractivity contribution in [3.05, 3.63) is 11.8 Å². The van der Waals surface area contributed by atoms with Gasteiger partial charge < -0.3 is 0 Å². The first kappa shape index (κ1) is 9.87. The second kappa shape index (κ2) is 3.32. The van der Waals surface area contributed by atoms with Crippen molar-refractivity contribution in [2.75, 3.05) is 0 Å². The Bertz CT molecular complexity index is 204. The van der Waals surface area contributed by atoms with Gasteiger partial charge >= 0.3 is 6.18 Å². The maximum absolute atomic E-state index is 11.7. The Balaban J connectivity index is 4.68. The van der Waals surface area contributed by atoms with Crippen LogP contribution in [0.1, 0.15) is 6.92 Å². The van der Waals surface area contributed by atoms with Crippen LogP contribution in [0.4, 0.5) is 13.2 Å². The fourth-order valence-corrected chi connectivity index (χ4v) is 0.410. The Morgan fingerprint density at radius 1 is 1.55 bits per heavy atom. The van der Waals surface area contributed by atoms with Crippen LogP contribution < -0.4 is 0 Å². The molecule has 0 aliphatic heterocycles. The summed E-state index contributed by atoms with van der Waals surface area (Å²) in [7, 11) is 0. The number of halogens is 3. The molecule has 0 atom stereocenters. The summed E-state index contributed by atoms with van der Waals surface area (Å²) in [5, 5.41) is 0. The van der Waals surface area contributed by atoms with Gasteiger partial charge in [0.15, 0.2) is 5.78 Å². The van der Waals surface area contributed by atoms with Crippen molar-refractivity contribution in [2.24, 2.45) is 4.99 Å². The lowest BCUT2D eigenvalue weighted by atomic mass is 10.3. The highest BCUT2D eigenvalue weighted by atomic mass is 19.4. The van der Waals surface area contributed by atoms with Gasteiger partial charge in [-0.2, -0.15) is 13.2 Å². The molecule has 0 aromatic heterocycles. The van der Waals surface area contributed by atoms with Crippen molar-refractivity contribution in [1.29, 1.82) is 0 Å². The highest BCUT2D eigenvalue weighted by molar-refractivity contribution is 5.88. The molecule has 0 radical (unpaired) electrons. The second-order valence-electron chi connectivity index (χ2n) is 1.80. The number of ketones is 1. The van der Waals surface area contributed by atoms with Crippen LogP contribution in [0.25, 0.3) is 0 Å². The predicted octanol–water partition coefficient (Wildman–Crippen LogP) is 1.72. The highest BCUT2D eigenvalue weighted by Gasteiger charge is 2.33. The van der Waals surface area contributed by atoms with Gasteiger partial charge in [-0.1, -0.05) is 0 Å². The number of aliphatic imine (C=N–C) groups is 1. The van der Waals surface area contributed by atoms with E-state index in [4.69, 9.17) is 0 Å². The largest absolute Gasteiger partial charge is 0.433 e. The summed E-state index contributed by atoms with van der Waals surface area (Å²) >= 11 is 0. The number of carbonyl (C=O) groups is 1. The lowest BCUT2D eigenvalue weighted by Crippen LogP contribution is -2.10. The van der Waals surface area contributed by atoms with Gasteiger partial charge in [-0.05, 0) is 13.6 Å². The van der Waals surface area contributed by atoms with Gasteiger partial charge in [-0.3, -0.25) is 9.79 Å². The molecule has 0 saturated heterocycles. The molecule has 0 aromatic rings. The molecule has 0 aliphatic carbocycles. The molecular formula is C6H6F3NO. The number of allylic oxidation sites excluding steroid dienone is 2. The summed E-state index contributed by atoms with van der Waals surface area (Å²) in [4.78, 5) is 12.9. The molecule has 2 nitrogen and oxygen atoms in total. The molecule has 0 fully saturated rings. The number of rotatable bonds is 2. The second-order valence-corrected chi connectivity index (χ2v) is 1.80. The van der Waals surface area contributed by atoms with Crippen molar-refractivity contribution < 1.29 is 18.0 Å². The number of nitrogens with zero attached hydrogens (tertiary/aromatic N) is 1. The fraction of sp³-hybridized carbons (Fsp3) is 0.333. The topological polar surface area (TPSA) is 29.4 Å². The SMILES string of the molecule is C=N/C(=C\C(C)=O)C(F)(F)F. The third-order valence-electron chi connectivity index (χ3n) is 0.801. The number of hydrogen-bond donors (Lipinski definition) is 0. The van der Waals surface area contributed by atoms with Crippen LogP contribution in [0, 0.1) is 0 Å². The Labute approximate surface area is 61.4 Å². The van der Waals surface area contributed by atoms with Crippen LogP contribution >= 0.6 is 0 Å². The number of carbonyl (C=O) groups excluding carboxylic acids is 1. The Hall–Kier alpha value is -1.13. The van der Waals surface area contributed by atoms with Crippen molar-refractivity contribution >= 4 is 12.5 Å². The molecule has 0 aliphatic rings. The zero-order chi connectivity index (χ0) is 9.07. The van der Waals surface area contributed by atoms with Gasteiger partial charge in [-0.15, -0.1) is 0 Å². The van der Waals surface area contributed by atoms with E-state index in [1.807, 2.05) is 0 Å². The molecule has 0 saturated carbocycles. The first-order valence-electron chi connectivity index (χ1n) is 2.64. The maximum atomic E-state index is 11.7. The van der Waals surface area contributed by atoms with Crippen molar-refractivity contribution in [1.82, 2.24) is 0 Å². The predicted molar refractivity (Wildman–Crippen MR) is 34.4 cm³/mol. The molecule has 0 bridgehead atoms. The van der Waals surface area contributed by atoms with Gasteiger partial charge in [0.2, 0.25) is 0 Å². The lowest BCUT2D eigenvalue weighted by Gasteiger charge is -2.03. The number of hydrogen-bond acceptors (Lipinski definition) is 2. The van der Waals surface area contributed by atoms with Gasteiger partial charge in [0.25, 0.3) is 0 Å². The Kier molecular flexibility index (Phi) is 2.98. The monoisotopic (exact) mass is 165 g/mol. The third-order valence-corrected chi connectivity index (χ3v) is 0.801. The molecule has 0 N–H and O–H groups in total. The minimum absolute atomic E-state index is 0.396. The summed E-state index contributed by atoms with van der Waals surface area (Å²) in [5.74, 6) is -0.704. The van der Waals surface area contributed by atoms with E-state index in [9.17, 15) is 18.0 Å². The first-order chi connectivity index (χ1) is 4.88. The third kappa shape index (κ3) is 3.54. The standard InChI is InChI=1S/C6H6F3NO/c1-4(11)3-5(10-2)6(7,8)9/h3H,2H2,1H3/b5-3-. The molecule has 11 heavy (non-hydrogen) atoms. The summed E-state index contributed by atoms with van der Waals surface area (Å²) in [6, 6.07) is 0. The van der Waals surface area contributed by atoms with Crippen LogP contribution in [0.3, 0.4) is 0 Å². The van der Waals surface area contributed by atoms with E-state index < -0.39 is 17.7 Å². The quantitative estimate of drug-likeness (QED) is 0.452. The lowest BCUT2D eigenvalue weighted by molar-refractivity contribution is -0.114. The summed E-state index contributed by atoms with van der Waals surface area (Å²) in [6.07, 6.45) is -4.19. The van der Waals surface area contributed by atoms with Crippen LogP contribution in [0.15, 0.2) is 16.8 Å². The minimum Gasteiger partial charge on any atom is -0.295 e. The molecule has 0 heterocycles. The highest BCUT2D eigenvalue weighted by Crippen LogP contribution is 2.25. The molecule has 0 aromatic carbocycles. The normalized spacial score (nSPS) is 12.9. The summed E-state index contributed by atoms with van der Waals surface area (Å²) < 4.78 is 35.2. The summed E-state index contributed by atoms with van der Waals surface area (Å²) in [6.45, 7) is 3.70. The Morgan fingerprint density at radius 2 is 2.00 bits per heavy atom. The molecule has 0 amide bonds. The molecular weight excluding hydrogens is 159 g/mol.